The van der Waals surface area contributed by atoms with Gasteiger partial charge in [0, 0.05) is 24.7 Å². The second-order valence-corrected chi connectivity index (χ2v) is 9.21. The van der Waals surface area contributed by atoms with Crippen LogP contribution in [-0.4, -0.2) is 15.3 Å². The summed E-state index contributed by atoms with van der Waals surface area (Å²) < 4.78 is 41.1. The second-order valence-electron chi connectivity index (χ2n) is 9.21. The van der Waals surface area contributed by atoms with Crippen molar-refractivity contribution in [3.63, 3.8) is 0 Å². The lowest BCUT2D eigenvalue weighted by Gasteiger charge is -2.11. The largest absolute Gasteiger partial charge is 0.416 e. The topological polar surface area (TPSA) is 46.4 Å². The predicted octanol–water partition coefficient (Wildman–Crippen LogP) is 7.24. The Bertz CT molecular complexity index is 1590. The molecule has 1 N–H and O–H groups in total. The fraction of sp³-hybridized carbons (Fsp3) is 0.161. The van der Waals surface area contributed by atoms with Crippen LogP contribution in [0.15, 0.2) is 97.2 Å². The van der Waals surface area contributed by atoms with Gasteiger partial charge in [-0.25, -0.2) is 4.98 Å². The predicted molar refractivity (Wildman–Crippen MR) is 142 cm³/mol. The number of hydrogen-bond acceptors (Lipinski definition) is 2. The molecular formula is C31H26F3N3O. The third-order valence-corrected chi connectivity index (χ3v) is 6.55. The smallest absolute Gasteiger partial charge is 0.352 e. The van der Waals surface area contributed by atoms with Crippen LogP contribution in [0, 0.1) is 6.92 Å². The number of fused-ring (bicyclic) bond motifs is 1. The lowest BCUT2D eigenvalue weighted by atomic mass is 10.0. The highest BCUT2D eigenvalue weighted by atomic mass is 19.4. The summed E-state index contributed by atoms with van der Waals surface area (Å²) in [4.78, 5) is 17.6. The highest BCUT2D eigenvalue weighted by molar-refractivity contribution is 5.77. The van der Waals surface area contributed by atoms with E-state index >= 15 is 0 Å². The monoisotopic (exact) mass is 513 g/mol. The number of halogens is 3. The molecule has 5 aromatic rings. The van der Waals surface area contributed by atoms with Gasteiger partial charge in [-0.05, 0) is 59.9 Å². The van der Waals surface area contributed by atoms with Gasteiger partial charge in [-0.1, -0.05) is 66.7 Å². The van der Waals surface area contributed by atoms with Gasteiger partial charge in [0.1, 0.15) is 5.65 Å². The number of carbonyl (C=O) groups is 1. The number of benzene rings is 3. The highest BCUT2D eigenvalue weighted by Crippen LogP contribution is 2.30. The van der Waals surface area contributed by atoms with E-state index in [0.717, 1.165) is 51.4 Å². The average Bonchev–Trinajstić information content (AvgIpc) is 3.29. The normalized spacial score (nSPS) is 11.6. The molecule has 5 rings (SSSR count). The van der Waals surface area contributed by atoms with Crippen LogP contribution in [0.2, 0.25) is 0 Å². The maximum absolute atomic E-state index is 13.0. The molecule has 0 unspecified atom stereocenters. The first-order valence-electron chi connectivity index (χ1n) is 12.3. The summed E-state index contributed by atoms with van der Waals surface area (Å²) in [5.41, 5.74) is 6.42. The van der Waals surface area contributed by atoms with Crippen LogP contribution >= 0.6 is 0 Å². The van der Waals surface area contributed by atoms with Crippen LogP contribution in [-0.2, 0) is 23.9 Å². The van der Waals surface area contributed by atoms with Crippen molar-refractivity contribution in [2.45, 2.75) is 32.5 Å². The standard InChI is InChI=1S/C31H26F3N3O/c1-21-8-5-6-13-26(21)24-14-16-28-36-30(23-10-3-2-4-11-23)27(37(28)20-24)15-17-29(38)35-19-22-9-7-12-25(18-22)31(32,33)34/h2-14,16,18,20H,15,17,19H2,1H3,(H,35,38). The van der Waals surface area contributed by atoms with Gasteiger partial charge < -0.3 is 9.72 Å². The van der Waals surface area contributed by atoms with E-state index in [0.29, 0.717) is 12.0 Å². The first-order valence-corrected chi connectivity index (χ1v) is 12.3. The van der Waals surface area contributed by atoms with E-state index in [4.69, 9.17) is 4.98 Å². The number of hydrogen-bond donors (Lipinski definition) is 1. The molecule has 3 aromatic carbocycles. The number of imidazole rings is 1. The van der Waals surface area contributed by atoms with Crippen molar-refractivity contribution >= 4 is 11.6 Å². The van der Waals surface area contributed by atoms with Gasteiger partial charge >= 0.3 is 6.18 Å². The lowest BCUT2D eigenvalue weighted by Crippen LogP contribution is -2.23. The summed E-state index contributed by atoms with van der Waals surface area (Å²) in [6.07, 6.45) is -1.79. The Balaban J connectivity index is 1.40. The van der Waals surface area contributed by atoms with E-state index in [2.05, 4.69) is 24.4 Å². The number of alkyl halides is 3. The van der Waals surface area contributed by atoms with Crippen molar-refractivity contribution in [2.75, 3.05) is 0 Å². The Morgan fingerprint density at radius 2 is 1.66 bits per heavy atom. The minimum Gasteiger partial charge on any atom is -0.352 e. The van der Waals surface area contributed by atoms with Gasteiger partial charge in [0.15, 0.2) is 0 Å². The zero-order chi connectivity index (χ0) is 26.7. The van der Waals surface area contributed by atoms with E-state index in [9.17, 15) is 18.0 Å². The number of nitrogens with one attached hydrogen (secondary N) is 1. The molecule has 0 fully saturated rings. The molecule has 0 radical (unpaired) electrons. The molecule has 2 heterocycles. The molecule has 0 spiro atoms. The molecule has 1 amide bonds. The number of aromatic nitrogens is 2. The Morgan fingerprint density at radius 1 is 0.895 bits per heavy atom. The fourth-order valence-electron chi connectivity index (χ4n) is 4.59. The summed E-state index contributed by atoms with van der Waals surface area (Å²) in [5.74, 6) is -0.244. The van der Waals surface area contributed by atoms with Crippen molar-refractivity contribution in [1.82, 2.24) is 14.7 Å². The zero-order valence-corrected chi connectivity index (χ0v) is 20.8. The van der Waals surface area contributed by atoms with E-state index in [-0.39, 0.29) is 18.9 Å². The van der Waals surface area contributed by atoms with E-state index < -0.39 is 11.7 Å². The van der Waals surface area contributed by atoms with Crippen molar-refractivity contribution in [3.8, 4) is 22.4 Å². The number of nitrogens with zero attached hydrogens (tertiary/aromatic N) is 2. The number of pyridine rings is 1. The molecule has 0 saturated carbocycles. The minimum absolute atomic E-state index is 0.0267. The molecular weight excluding hydrogens is 487 g/mol. The van der Waals surface area contributed by atoms with Crippen LogP contribution < -0.4 is 5.32 Å². The maximum atomic E-state index is 13.0. The number of carbonyl (C=O) groups excluding carboxylic acids is 1. The van der Waals surface area contributed by atoms with Crippen molar-refractivity contribution < 1.29 is 18.0 Å². The first kappa shape index (κ1) is 25.3. The van der Waals surface area contributed by atoms with Crippen molar-refractivity contribution in [1.29, 1.82) is 0 Å². The third-order valence-electron chi connectivity index (χ3n) is 6.55. The second kappa shape index (κ2) is 10.5. The molecule has 0 aliphatic heterocycles. The van der Waals surface area contributed by atoms with E-state index in [1.165, 1.54) is 6.07 Å². The van der Waals surface area contributed by atoms with E-state index in [1.807, 2.05) is 65.2 Å². The summed E-state index contributed by atoms with van der Waals surface area (Å²) in [6.45, 7) is 2.09. The number of amides is 1. The maximum Gasteiger partial charge on any atom is 0.416 e. The zero-order valence-electron chi connectivity index (χ0n) is 20.8. The molecule has 0 atom stereocenters. The number of aryl methyl sites for hydroxylation is 2. The van der Waals surface area contributed by atoms with Gasteiger partial charge in [-0.15, -0.1) is 0 Å². The molecule has 2 aromatic heterocycles. The van der Waals surface area contributed by atoms with Crippen molar-refractivity contribution in [3.05, 3.63) is 120 Å². The third kappa shape index (κ3) is 5.47. The Hall–Kier alpha value is -4.39. The molecule has 38 heavy (non-hydrogen) atoms. The van der Waals surface area contributed by atoms with Crippen LogP contribution in [0.3, 0.4) is 0 Å². The van der Waals surface area contributed by atoms with Gasteiger partial charge in [-0.2, -0.15) is 13.2 Å². The Labute approximate surface area is 218 Å². The molecule has 0 bridgehead atoms. The fourth-order valence-corrected chi connectivity index (χ4v) is 4.59. The summed E-state index contributed by atoms with van der Waals surface area (Å²) >= 11 is 0. The van der Waals surface area contributed by atoms with Gasteiger partial charge in [-0.3, -0.25) is 4.79 Å². The molecule has 0 saturated heterocycles. The van der Waals surface area contributed by atoms with Crippen LogP contribution in [0.4, 0.5) is 13.2 Å². The summed E-state index contributed by atoms with van der Waals surface area (Å²) in [7, 11) is 0. The first-order chi connectivity index (χ1) is 18.3. The Morgan fingerprint density at radius 3 is 2.42 bits per heavy atom. The molecule has 7 heteroatoms. The Kier molecular flexibility index (Phi) is 7.01. The van der Waals surface area contributed by atoms with E-state index in [1.54, 1.807) is 6.07 Å². The van der Waals surface area contributed by atoms with Crippen LogP contribution in [0.1, 0.15) is 28.8 Å². The highest BCUT2D eigenvalue weighted by Gasteiger charge is 2.30. The average molecular weight is 514 g/mol. The van der Waals surface area contributed by atoms with Crippen LogP contribution in [0.25, 0.3) is 28.0 Å². The molecule has 4 nitrogen and oxygen atoms in total. The molecule has 192 valence electrons. The lowest BCUT2D eigenvalue weighted by molar-refractivity contribution is -0.137. The van der Waals surface area contributed by atoms with Crippen molar-refractivity contribution in [2.24, 2.45) is 0 Å². The minimum atomic E-state index is -4.42. The summed E-state index contributed by atoms with van der Waals surface area (Å²) in [5, 5.41) is 2.76. The quantitative estimate of drug-likeness (QED) is 0.249. The summed E-state index contributed by atoms with van der Waals surface area (Å²) in [6, 6.07) is 27.0. The van der Waals surface area contributed by atoms with Gasteiger partial charge in [0.25, 0.3) is 0 Å². The number of rotatable bonds is 7. The van der Waals surface area contributed by atoms with Crippen LogP contribution in [0.5, 0.6) is 0 Å². The van der Waals surface area contributed by atoms with Gasteiger partial charge in [0.2, 0.25) is 5.91 Å². The SMILES string of the molecule is Cc1ccccc1-c1ccc2nc(-c3ccccc3)c(CCC(=O)NCc3cccc(C(F)(F)F)c3)n2c1. The molecule has 0 aliphatic rings. The van der Waals surface area contributed by atoms with Gasteiger partial charge in [0.05, 0.1) is 17.0 Å². The molecule has 0 aliphatic carbocycles.